The molecule has 2 aromatic carbocycles. The number of carbonyl (C=O) groups is 2. The molecule has 1 saturated heterocycles. The van der Waals surface area contributed by atoms with Gasteiger partial charge in [0, 0.05) is 34.6 Å². The molecule has 1 fully saturated rings. The summed E-state index contributed by atoms with van der Waals surface area (Å²) >= 11 is 3.38. The van der Waals surface area contributed by atoms with Gasteiger partial charge >= 0.3 is 0 Å². The predicted octanol–water partition coefficient (Wildman–Crippen LogP) is 4.18. The zero-order chi connectivity index (χ0) is 16.2. The topological polar surface area (TPSA) is 37.4 Å². The highest BCUT2D eigenvalue weighted by molar-refractivity contribution is 9.10. The van der Waals surface area contributed by atoms with E-state index in [1.54, 1.807) is 0 Å². The van der Waals surface area contributed by atoms with E-state index in [0.29, 0.717) is 18.7 Å². The number of carbonyl (C=O) groups excluding carboxylic acids is 2. The van der Waals surface area contributed by atoms with Crippen LogP contribution in [-0.2, 0) is 0 Å². The molecule has 2 aromatic rings. The summed E-state index contributed by atoms with van der Waals surface area (Å²) < 4.78 is 0.970. The van der Waals surface area contributed by atoms with E-state index in [0.717, 1.165) is 22.9 Å². The molecular formula is C19H18BrNO2. The molecule has 4 heteroatoms. The lowest BCUT2D eigenvalue weighted by molar-refractivity contribution is 0.0650. The van der Waals surface area contributed by atoms with Crippen LogP contribution in [0.1, 0.15) is 33.6 Å². The van der Waals surface area contributed by atoms with Gasteiger partial charge in [0.2, 0.25) is 0 Å². The van der Waals surface area contributed by atoms with E-state index < -0.39 is 0 Å². The van der Waals surface area contributed by atoms with Crippen molar-refractivity contribution in [2.75, 3.05) is 13.1 Å². The minimum Gasteiger partial charge on any atom is -0.339 e. The smallest absolute Gasteiger partial charge is 0.253 e. The fourth-order valence-electron chi connectivity index (χ4n) is 2.96. The van der Waals surface area contributed by atoms with Crippen LogP contribution >= 0.6 is 15.9 Å². The van der Waals surface area contributed by atoms with Crippen LogP contribution in [-0.4, -0.2) is 29.7 Å². The molecule has 0 aliphatic carbocycles. The van der Waals surface area contributed by atoms with Crippen LogP contribution in [0.25, 0.3) is 0 Å². The molecule has 23 heavy (non-hydrogen) atoms. The molecule has 1 heterocycles. The third-order valence-corrected chi connectivity index (χ3v) is 4.83. The van der Waals surface area contributed by atoms with Crippen LogP contribution in [0, 0.1) is 5.92 Å². The molecule has 1 aliphatic heterocycles. The molecule has 1 amide bonds. The molecule has 0 unspecified atom stereocenters. The largest absolute Gasteiger partial charge is 0.339 e. The second-order valence-electron chi connectivity index (χ2n) is 5.80. The van der Waals surface area contributed by atoms with E-state index in [1.165, 1.54) is 0 Å². The van der Waals surface area contributed by atoms with Crippen molar-refractivity contribution < 1.29 is 9.59 Å². The summed E-state index contributed by atoms with van der Waals surface area (Å²) in [5.74, 6) is 0.250. The molecule has 0 saturated carbocycles. The number of nitrogens with zero attached hydrogens (tertiary/aromatic N) is 1. The van der Waals surface area contributed by atoms with Gasteiger partial charge in [0.05, 0.1) is 0 Å². The summed E-state index contributed by atoms with van der Waals surface area (Å²) in [6.45, 7) is 1.28. The van der Waals surface area contributed by atoms with Crippen LogP contribution in [0.5, 0.6) is 0 Å². The highest BCUT2D eigenvalue weighted by Gasteiger charge is 2.28. The highest BCUT2D eigenvalue weighted by atomic mass is 79.9. The predicted molar refractivity (Wildman–Crippen MR) is 93.5 cm³/mol. The summed E-state index contributed by atoms with van der Waals surface area (Å²) in [6, 6.07) is 16.8. The Morgan fingerprint density at radius 1 is 0.870 bits per heavy atom. The van der Waals surface area contributed by atoms with Gasteiger partial charge in [-0.25, -0.2) is 0 Å². The van der Waals surface area contributed by atoms with Crippen molar-refractivity contribution >= 4 is 27.6 Å². The van der Waals surface area contributed by atoms with E-state index >= 15 is 0 Å². The van der Waals surface area contributed by atoms with Crippen molar-refractivity contribution in [2.24, 2.45) is 5.92 Å². The molecule has 0 aromatic heterocycles. The summed E-state index contributed by atoms with van der Waals surface area (Å²) in [4.78, 5) is 26.8. The average Bonchev–Trinajstić information content (AvgIpc) is 2.62. The lowest BCUT2D eigenvalue weighted by atomic mass is 9.88. The first-order valence-electron chi connectivity index (χ1n) is 7.79. The van der Waals surface area contributed by atoms with Crippen LogP contribution in [0.4, 0.5) is 0 Å². The standard InChI is InChI=1S/C19H18BrNO2/c20-17-8-6-14(7-9-17)18(22)15-10-12-21(13-11-15)19(23)16-4-2-1-3-5-16/h1-9,15H,10-13H2. The molecule has 0 N–H and O–H groups in total. The van der Waals surface area contributed by atoms with Gasteiger partial charge in [-0.2, -0.15) is 0 Å². The number of hydrogen-bond donors (Lipinski definition) is 0. The maximum Gasteiger partial charge on any atom is 0.253 e. The van der Waals surface area contributed by atoms with Crippen LogP contribution < -0.4 is 0 Å². The Bertz CT molecular complexity index is 689. The van der Waals surface area contributed by atoms with Crippen LogP contribution in [0.3, 0.4) is 0 Å². The molecule has 0 radical (unpaired) electrons. The number of Topliss-reactive ketones (excluding diaryl/α,β-unsaturated/α-hetero) is 1. The van der Waals surface area contributed by atoms with E-state index in [4.69, 9.17) is 0 Å². The van der Waals surface area contributed by atoms with Crippen molar-refractivity contribution in [2.45, 2.75) is 12.8 Å². The minimum absolute atomic E-state index is 0.0102. The Hall–Kier alpha value is -1.94. The first-order valence-corrected chi connectivity index (χ1v) is 8.58. The van der Waals surface area contributed by atoms with Crippen LogP contribution in [0.15, 0.2) is 59.1 Å². The SMILES string of the molecule is O=C(c1ccc(Br)cc1)C1CCN(C(=O)c2ccccc2)CC1. The Morgan fingerprint density at radius 3 is 2.09 bits per heavy atom. The van der Waals surface area contributed by atoms with Gasteiger partial charge in [0.25, 0.3) is 5.91 Å². The molecule has 0 spiro atoms. The maximum atomic E-state index is 12.5. The molecule has 3 rings (SSSR count). The second kappa shape index (κ2) is 7.09. The van der Waals surface area contributed by atoms with Gasteiger partial charge in [-0.3, -0.25) is 9.59 Å². The van der Waals surface area contributed by atoms with Gasteiger partial charge in [-0.15, -0.1) is 0 Å². The molecule has 0 bridgehead atoms. The van der Waals surface area contributed by atoms with Crippen molar-refractivity contribution in [1.29, 1.82) is 0 Å². The Labute approximate surface area is 144 Å². The third kappa shape index (κ3) is 3.70. The number of piperidine rings is 1. The Kier molecular flexibility index (Phi) is 4.91. The van der Waals surface area contributed by atoms with Gasteiger partial charge in [0.15, 0.2) is 5.78 Å². The summed E-state index contributed by atoms with van der Waals surface area (Å²) in [5.41, 5.74) is 1.46. The van der Waals surface area contributed by atoms with Gasteiger partial charge in [0.1, 0.15) is 0 Å². The van der Waals surface area contributed by atoms with Crippen molar-refractivity contribution in [1.82, 2.24) is 4.90 Å². The number of ketones is 1. The van der Waals surface area contributed by atoms with Gasteiger partial charge < -0.3 is 4.90 Å². The summed E-state index contributed by atoms with van der Waals surface area (Å²) in [6.07, 6.45) is 1.46. The van der Waals surface area contributed by atoms with Gasteiger partial charge in [-0.1, -0.05) is 46.3 Å². The molecule has 0 atom stereocenters. The normalized spacial score (nSPS) is 15.4. The van der Waals surface area contributed by atoms with E-state index in [-0.39, 0.29) is 17.6 Å². The fraction of sp³-hybridized carbons (Fsp3) is 0.263. The summed E-state index contributed by atoms with van der Waals surface area (Å²) in [5, 5.41) is 0. The van der Waals surface area contributed by atoms with Crippen molar-refractivity contribution in [3.63, 3.8) is 0 Å². The lowest BCUT2D eigenvalue weighted by Crippen LogP contribution is -2.40. The molecule has 3 nitrogen and oxygen atoms in total. The number of hydrogen-bond acceptors (Lipinski definition) is 2. The first kappa shape index (κ1) is 15.9. The first-order chi connectivity index (χ1) is 11.1. The van der Waals surface area contributed by atoms with Crippen molar-refractivity contribution in [3.05, 3.63) is 70.2 Å². The second-order valence-corrected chi connectivity index (χ2v) is 6.72. The lowest BCUT2D eigenvalue weighted by Gasteiger charge is -2.31. The van der Waals surface area contributed by atoms with Crippen molar-refractivity contribution in [3.8, 4) is 0 Å². The highest BCUT2D eigenvalue weighted by Crippen LogP contribution is 2.23. The monoisotopic (exact) mass is 371 g/mol. The molecular weight excluding hydrogens is 354 g/mol. The van der Waals surface area contributed by atoms with E-state index in [9.17, 15) is 9.59 Å². The van der Waals surface area contributed by atoms with E-state index in [1.807, 2.05) is 59.5 Å². The summed E-state index contributed by atoms with van der Waals surface area (Å²) in [7, 11) is 0. The van der Waals surface area contributed by atoms with E-state index in [2.05, 4.69) is 15.9 Å². The minimum atomic E-state index is 0.0102. The quantitative estimate of drug-likeness (QED) is 0.758. The number of rotatable bonds is 3. The zero-order valence-electron chi connectivity index (χ0n) is 12.7. The Morgan fingerprint density at radius 2 is 1.48 bits per heavy atom. The third-order valence-electron chi connectivity index (χ3n) is 4.30. The number of benzene rings is 2. The molecule has 1 aliphatic rings. The number of amides is 1. The Balaban J connectivity index is 1.61. The maximum absolute atomic E-state index is 12.5. The molecule has 118 valence electrons. The average molecular weight is 372 g/mol. The number of halogens is 1. The van der Waals surface area contributed by atoms with Gasteiger partial charge in [-0.05, 0) is 37.1 Å². The zero-order valence-corrected chi connectivity index (χ0v) is 14.3. The van der Waals surface area contributed by atoms with Crippen LogP contribution in [0.2, 0.25) is 0 Å². The number of likely N-dealkylation sites (tertiary alicyclic amines) is 1. The fourth-order valence-corrected chi connectivity index (χ4v) is 3.22.